The van der Waals surface area contributed by atoms with Crippen molar-refractivity contribution < 1.29 is 14.7 Å². The van der Waals surface area contributed by atoms with Gasteiger partial charge in [-0.15, -0.1) is 11.3 Å². The van der Waals surface area contributed by atoms with E-state index in [4.69, 9.17) is 5.11 Å². The van der Waals surface area contributed by atoms with E-state index in [0.717, 1.165) is 12.8 Å². The van der Waals surface area contributed by atoms with E-state index in [9.17, 15) is 9.59 Å². The van der Waals surface area contributed by atoms with Crippen molar-refractivity contribution in [1.82, 2.24) is 4.90 Å². The maximum absolute atomic E-state index is 12.2. The zero-order valence-electron chi connectivity index (χ0n) is 13.0. The van der Waals surface area contributed by atoms with Gasteiger partial charge in [0.25, 0.3) is 0 Å². The van der Waals surface area contributed by atoms with Crippen LogP contribution in [-0.2, 0) is 16.0 Å². The topological polar surface area (TPSA) is 57.6 Å². The summed E-state index contributed by atoms with van der Waals surface area (Å²) in [5, 5.41) is 12.5. The van der Waals surface area contributed by atoms with Crippen molar-refractivity contribution in [1.29, 1.82) is 0 Å². The lowest BCUT2D eigenvalue weighted by molar-refractivity contribution is -0.145. The molecule has 0 unspecified atom stereocenters. The third-order valence-corrected chi connectivity index (χ3v) is 5.61. The van der Waals surface area contributed by atoms with Gasteiger partial charge in [0.05, 0.1) is 5.92 Å². The van der Waals surface area contributed by atoms with Gasteiger partial charge in [0.15, 0.2) is 0 Å². The van der Waals surface area contributed by atoms with Crippen molar-refractivity contribution in [3.05, 3.63) is 35.2 Å². The molecule has 1 N–H and O–H groups in total. The third kappa shape index (κ3) is 3.72. The number of thiophene rings is 1. The number of aliphatic carboxylic acids is 1. The summed E-state index contributed by atoms with van der Waals surface area (Å²) in [4.78, 5) is 25.0. The molecule has 0 aliphatic carbocycles. The number of nitrogens with zero attached hydrogens (tertiary/aromatic N) is 1. The highest BCUT2D eigenvalue weighted by Gasteiger charge is 2.26. The first-order valence-electron chi connectivity index (χ1n) is 8.11. The average molecular weight is 331 g/mol. The van der Waals surface area contributed by atoms with Crippen LogP contribution < -0.4 is 0 Å². The average Bonchev–Trinajstić information content (AvgIpc) is 2.98. The molecule has 2 heterocycles. The number of hydrogen-bond donors (Lipinski definition) is 1. The van der Waals surface area contributed by atoms with Gasteiger partial charge in [-0.1, -0.05) is 18.2 Å². The fourth-order valence-corrected chi connectivity index (χ4v) is 4.19. The molecule has 3 rings (SSSR count). The molecule has 0 spiro atoms. The molecule has 0 bridgehead atoms. The molecule has 122 valence electrons. The molecule has 1 amide bonds. The molecule has 0 atom stereocenters. The summed E-state index contributed by atoms with van der Waals surface area (Å²) in [6.07, 6.45) is 3.47. The Morgan fingerprint density at radius 3 is 2.70 bits per heavy atom. The molecule has 1 fully saturated rings. The van der Waals surface area contributed by atoms with Crippen LogP contribution in [0.4, 0.5) is 0 Å². The summed E-state index contributed by atoms with van der Waals surface area (Å²) in [5.41, 5.74) is 1.32. The highest BCUT2D eigenvalue weighted by molar-refractivity contribution is 7.17. The van der Waals surface area contributed by atoms with Gasteiger partial charge in [-0.2, -0.15) is 0 Å². The molecule has 0 saturated carbocycles. The number of likely N-dealkylation sites (tertiary alicyclic amines) is 1. The summed E-state index contributed by atoms with van der Waals surface area (Å²) in [7, 11) is 0. The highest BCUT2D eigenvalue weighted by Crippen LogP contribution is 2.27. The highest BCUT2D eigenvalue weighted by atomic mass is 32.1. The molecule has 1 aliphatic heterocycles. The van der Waals surface area contributed by atoms with Crippen LogP contribution in [0.15, 0.2) is 29.6 Å². The number of fused-ring (bicyclic) bond motifs is 1. The Bertz CT molecular complexity index is 701. The first-order valence-corrected chi connectivity index (χ1v) is 8.99. The predicted molar refractivity (Wildman–Crippen MR) is 91.7 cm³/mol. The van der Waals surface area contributed by atoms with E-state index >= 15 is 0 Å². The Kier molecular flexibility index (Phi) is 4.96. The SMILES string of the molecule is O=C(O)C1CCN(C(=O)CCCc2csc3ccccc23)CC1. The third-order valence-electron chi connectivity index (χ3n) is 4.59. The van der Waals surface area contributed by atoms with E-state index in [1.807, 2.05) is 11.0 Å². The Morgan fingerprint density at radius 1 is 1.22 bits per heavy atom. The van der Waals surface area contributed by atoms with Crippen molar-refractivity contribution in [2.24, 2.45) is 5.92 Å². The van der Waals surface area contributed by atoms with Crippen LogP contribution in [0, 0.1) is 5.92 Å². The zero-order chi connectivity index (χ0) is 16.2. The van der Waals surface area contributed by atoms with Gasteiger partial charge in [0, 0.05) is 24.2 Å². The smallest absolute Gasteiger partial charge is 0.306 e. The fraction of sp³-hybridized carbons (Fsp3) is 0.444. The molecular weight excluding hydrogens is 310 g/mol. The van der Waals surface area contributed by atoms with Gasteiger partial charge in [-0.05, 0) is 48.1 Å². The van der Waals surface area contributed by atoms with E-state index in [1.165, 1.54) is 15.6 Å². The Hall–Kier alpha value is -1.88. The second-order valence-electron chi connectivity index (χ2n) is 6.10. The Morgan fingerprint density at radius 2 is 1.96 bits per heavy atom. The quantitative estimate of drug-likeness (QED) is 0.911. The minimum Gasteiger partial charge on any atom is -0.481 e. The number of carbonyl (C=O) groups excluding carboxylic acids is 1. The molecular formula is C18H21NO3S. The number of amides is 1. The van der Waals surface area contributed by atoms with Gasteiger partial charge in [0.2, 0.25) is 5.91 Å². The second kappa shape index (κ2) is 7.13. The standard InChI is InChI=1S/C18H21NO3S/c20-17(19-10-8-13(9-11-19)18(21)22)7-3-4-14-12-23-16-6-2-1-5-15(14)16/h1-2,5-6,12-13H,3-4,7-11H2,(H,21,22). The number of carboxylic acids is 1. The molecule has 23 heavy (non-hydrogen) atoms. The van der Waals surface area contributed by atoms with Crippen LogP contribution in [0.1, 0.15) is 31.2 Å². The van der Waals surface area contributed by atoms with Crippen molar-refractivity contribution in [2.75, 3.05) is 13.1 Å². The van der Waals surface area contributed by atoms with Crippen molar-refractivity contribution in [3.8, 4) is 0 Å². The molecule has 0 radical (unpaired) electrons. The molecule has 4 nitrogen and oxygen atoms in total. The number of piperidine rings is 1. The van der Waals surface area contributed by atoms with Crippen LogP contribution in [0.3, 0.4) is 0 Å². The lowest BCUT2D eigenvalue weighted by Crippen LogP contribution is -2.40. The van der Waals surface area contributed by atoms with Gasteiger partial charge >= 0.3 is 5.97 Å². The summed E-state index contributed by atoms with van der Waals surface area (Å²) in [6, 6.07) is 8.37. The van der Waals surface area contributed by atoms with Crippen molar-refractivity contribution >= 4 is 33.3 Å². The molecule has 1 aromatic carbocycles. The van der Waals surface area contributed by atoms with E-state index in [0.29, 0.717) is 32.4 Å². The van der Waals surface area contributed by atoms with Gasteiger partial charge < -0.3 is 10.0 Å². The Labute approximate surface area is 139 Å². The molecule has 1 aliphatic rings. The number of carbonyl (C=O) groups is 2. The van der Waals surface area contributed by atoms with Gasteiger partial charge in [-0.3, -0.25) is 9.59 Å². The maximum atomic E-state index is 12.2. The lowest BCUT2D eigenvalue weighted by atomic mass is 9.96. The molecule has 1 saturated heterocycles. The minimum absolute atomic E-state index is 0.161. The van der Waals surface area contributed by atoms with Crippen molar-refractivity contribution in [2.45, 2.75) is 32.1 Å². The van der Waals surface area contributed by atoms with E-state index in [-0.39, 0.29) is 11.8 Å². The molecule has 2 aromatic rings. The van der Waals surface area contributed by atoms with Gasteiger partial charge in [0.1, 0.15) is 0 Å². The van der Waals surface area contributed by atoms with E-state index in [1.54, 1.807) is 11.3 Å². The number of rotatable bonds is 5. The van der Waals surface area contributed by atoms with Gasteiger partial charge in [-0.25, -0.2) is 0 Å². The minimum atomic E-state index is -0.735. The van der Waals surface area contributed by atoms with E-state index in [2.05, 4.69) is 23.6 Å². The van der Waals surface area contributed by atoms with Crippen LogP contribution in [-0.4, -0.2) is 35.0 Å². The summed E-state index contributed by atoms with van der Waals surface area (Å²) < 4.78 is 1.30. The monoisotopic (exact) mass is 331 g/mol. The second-order valence-corrected chi connectivity index (χ2v) is 7.02. The molecule has 1 aromatic heterocycles. The van der Waals surface area contributed by atoms with Crippen LogP contribution >= 0.6 is 11.3 Å². The number of benzene rings is 1. The summed E-state index contributed by atoms with van der Waals surface area (Å²) in [6.45, 7) is 1.16. The van der Waals surface area contributed by atoms with Crippen LogP contribution in [0.5, 0.6) is 0 Å². The first kappa shape index (κ1) is 16.0. The largest absolute Gasteiger partial charge is 0.481 e. The van der Waals surface area contributed by atoms with Crippen LogP contribution in [0.25, 0.3) is 10.1 Å². The first-order chi connectivity index (χ1) is 11.1. The fourth-order valence-electron chi connectivity index (χ4n) is 3.19. The zero-order valence-corrected chi connectivity index (χ0v) is 13.8. The number of aryl methyl sites for hydroxylation is 1. The van der Waals surface area contributed by atoms with Crippen molar-refractivity contribution in [3.63, 3.8) is 0 Å². The number of hydrogen-bond acceptors (Lipinski definition) is 3. The van der Waals surface area contributed by atoms with Crippen LogP contribution in [0.2, 0.25) is 0 Å². The Balaban J connectivity index is 1.47. The lowest BCUT2D eigenvalue weighted by Gasteiger charge is -2.30. The normalized spacial score (nSPS) is 15.9. The molecule has 5 heteroatoms. The maximum Gasteiger partial charge on any atom is 0.306 e. The summed E-state index contributed by atoms with van der Waals surface area (Å²) >= 11 is 1.75. The summed E-state index contributed by atoms with van der Waals surface area (Å²) in [5.74, 6) is -0.856. The van der Waals surface area contributed by atoms with E-state index < -0.39 is 5.97 Å². The number of carboxylic acid groups (broad SMARTS) is 1. The predicted octanol–water partition coefficient (Wildman–Crippen LogP) is 3.55.